The van der Waals surface area contributed by atoms with Gasteiger partial charge in [-0.25, -0.2) is 9.97 Å². The summed E-state index contributed by atoms with van der Waals surface area (Å²) in [5, 5.41) is 3.35. The van der Waals surface area contributed by atoms with E-state index in [2.05, 4.69) is 25.3 Å². The van der Waals surface area contributed by atoms with Gasteiger partial charge in [0.05, 0.1) is 12.5 Å². The number of hydrogen-bond acceptors (Lipinski definition) is 5. The number of aromatic nitrogens is 4. The topological polar surface area (TPSA) is 92.5 Å². The van der Waals surface area contributed by atoms with Gasteiger partial charge in [-0.2, -0.15) is 4.98 Å². The molecule has 6 heteroatoms. The number of anilines is 1. The van der Waals surface area contributed by atoms with Crippen LogP contribution in [0.2, 0.25) is 0 Å². The second-order valence-corrected chi connectivity index (χ2v) is 4.59. The van der Waals surface area contributed by atoms with Crippen LogP contribution in [0.4, 0.5) is 5.95 Å². The second kappa shape index (κ2) is 4.29. The lowest BCUT2D eigenvalue weighted by Gasteiger charge is -2.26. The Balaban J connectivity index is 1.71. The predicted octanol–water partition coefficient (Wildman–Crippen LogP) is 1.03. The van der Waals surface area contributed by atoms with Gasteiger partial charge in [0.25, 0.3) is 0 Å². The number of H-pyrrole nitrogens is 1. The average Bonchev–Trinajstić information content (AvgIpc) is 2.79. The standard InChI is InChI=1S/C11H16N6/c12-7-1-3-8(4-2-7)16-11-13-5-9-10(17-11)15-6-14-9/h5-8H,1-4,12H2,(H2,13,14,15,16,17)/t7-,8-. The third-order valence-electron chi connectivity index (χ3n) is 3.28. The number of rotatable bonds is 2. The Morgan fingerprint density at radius 3 is 2.88 bits per heavy atom. The molecule has 0 bridgehead atoms. The van der Waals surface area contributed by atoms with Crippen LogP contribution in [0.5, 0.6) is 0 Å². The first-order valence-corrected chi connectivity index (χ1v) is 5.99. The molecule has 0 aromatic carbocycles. The number of nitrogens with zero attached hydrogens (tertiary/aromatic N) is 3. The number of aromatic amines is 1. The monoisotopic (exact) mass is 232 g/mol. The number of fused-ring (bicyclic) bond motifs is 1. The van der Waals surface area contributed by atoms with E-state index in [4.69, 9.17) is 5.73 Å². The van der Waals surface area contributed by atoms with Crippen LogP contribution in [0.1, 0.15) is 25.7 Å². The minimum Gasteiger partial charge on any atom is -0.351 e. The molecular formula is C11H16N6. The quantitative estimate of drug-likeness (QED) is 0.719. The summed E-state index contributed by atoms with van der Waals surface area (Å²) in [4.78, 5) is 15.7. The Hall–Kier alpha value is -1.69. The highest BCUT2D eigenvalue weighted by Gasteiger charge is 2.19. The molecule has 90 valence electrons. The summed E-state index contributed by atoms with van der Waals surface area (Å²) < 4.78 is 0. The second-order valence-electron chi connectivity index (χ2n) is 4.59. The number of nitrogens with two attached hydrogens (primary N) is 1. The summed E-state index contributed by atoms with van der Waals surface area (Å²) in [6, 6.07) is 0.800. The van der Waals surface area contributed by atoms with Gasteiger partial charge in [-0.1, -0.05) is 0 Å². The summed E-state index contributed by atoms with van der Waals surface area (Å²) in [7, 11) is 0. The smallest absolute Gasteiger partial charge is 0.225 e. The molecule has 4 N–H and O–H groups in total. The Morgan fingerprint density at radius 2 is 2.06 bits per heavy atom. The van der Waals surface area contributed by atoms with Crippen LogP contribution in [0.25, 0.3) is 11.2 Å². The van der Waals surface area contributed by atoms with Crippen LogP contribution in [0.3, 0.4) is 0 Å². The van der Waals surface area contributed by atoms with E-state index in [9.17, 15) is 0 Å². The highest BCUT2D eigenvalue weighted by molar-refractivity contribution is 5.69. The van der Waals surface area contributed by atoms with E-state index in [1.165, 1.54) is 0 Å². The molecule has 1 saturated carbocycles. The first kappa shape index (κ1) is 10.5. The van der Waals surface area contributed by atoms with Crippen molar-refractivity contribution in [1.82, 2.24) is 19.9 Å². The highest BCUT2D eigenvalue weighted by atomic mass is 15.1. The Labute approximate surface area is 99.1 Å². The van der Waals surface area contributed by atoms with Crippen molar-refractivity contribution in [2.24, 2.45) is 5.73 Å². The van der Waals surface area contributed by atoms with Crippen LogP contribution in [0.15, 0.2) is 12.5 Å². The van der Waals surface area contributed by atoms with Gasteiger partial charge in [-0.3, -0.25) is 0 Å². The van der Waals surface area contributed by atoms with Crippen LogP contribution >= 0.6 is 0 Å². The van der Waals surface area contributed by atoms with Crippen molar-refractivity contribution < 1.29 is 0 Å². The fraction of sp³-hybridized carbons (Fsp3) is 0.545. The van der Waals surface area contributed by atoms with E-state index in [-0.39, 0.29) is 0 Å². The lowest BCUT2D eigenvalue weighted by atomic mass is 9.92. The van der Waals surface area contributed by atoms with E-state index < -0.39 is 0 Å². The molecule has 1 aliphatic carbocycles. The van der Waals surface area contributed by atoms with Gasteiger partial charge in [0.1, 0.15) is 5.52 Å². The third-order valence-corrected chi connectivity index (χ3v) is 3.28. The van der Waals surface area contributed by atoms with Crippen LogP contribution in [-0.4, -0.2) is 32.0 Å². The van der Waals surface area contributed by atoms with E-state index in [1.54, 1.807) is 12.5 Å². The van der Waals surface area contributed by atoms with Gasteiger partial charge < -0.3 is 16.0 Å². The molecule has 0 unspecified atom stereocenters. The molecule has 6 nitrogen and oxygen atoms in total. The maximum Gasteiger partial charge on any atom is 0.225 e. The first-order valence-electron chi connectivity index (χ1n) is 5.99. The minimum atomic E-state index is 0.364. The SMILES string of the molecule is N[C@H]1CC[C@H](Nc2ncc3[nH]cnc3n2)CC1. The van der Waals surface area contributed by atoms with Gasteiger partial charge in [-0.05, 0) is 25.7 Å². The molecule has 1 fully saturated rings. The molecular weight excluding hydrogens is 216 g/mol. The van der Waals surface area contributed by atoms with E-state index in [0.29, 0.717) is 23.7 Å². The van der Waals surface area contributed by atoms with Crippen LogP contribution < -0.4 is 11.1 Å². The van der Waals surface area contributed by atoms with Gasteiger partial charge >= 0.3 is 0 Å². The fourth-order valence-electron chi connectivity index (χ4n) is 2.25. The summed E-state index contributed by atoms with van der Waals surface area (Å²) in [6.45, 7) is 0. The molecule has 0 saturated heterocycles. The summed E-state index contributed by atoms with van der Waals surface area (Å²) >= 11 is 0. The van der Waals surface area contributed by atoms with Crippen molar-refractivity contribution in [1.29, 1.82) is 0 Å². The predicted molar refractivity (Wildman–Crippen MR) is 65.5 cm³/mol. The van der Waals surface area contributed by atoms with E-state index in [0.717, 1.165) is 31.2 Å². The van der Waals surface area contributed by atoms with Crippen molar-refractivity contribution in [2.75, 3.05) is 5.32 Å². The lowest BCUT2D eigenvalue weighted by Crippen LogP contribution is -2.33. The normalized spacial score (nSPS) is 25.0. The Kier molecular flexibility index (Phi) is 2.64. The third kappa shape index (κ3) is 2.21. The molecule has 2 aromatic heterocycles. The number of imidazole rings is 1. The maximum absolute atomic E-state index is 5.88. The largest absolute Gasteiger partial charge is 0.351 e. The fourth-order valence-corrected chi connectivity index (χ4v) is 2.25. The molecule has 1 aliphatic rings. The molecule has 0 amide bonds. The minimum absolute atomic E-state index is 0.364. The average molecular weight is 232 g/mol. The molecule has 2 heterocycles. The Bertz CT molecular complexity index is 499. The highest BCUT2D eigenvalue weighted by Crippen LogP contribution is 2.20. The zero-order valence-electron chi connectivity index (χ0n) is 9.56. The zero-order chi connectivity index (χ0) is 11.7. The van der Waals surface area contributed by atoms with Gasteiger partial charge in [0, 0.05) is 12.1 Å². The Morgan fingerprint density at radius 1 is 1.24 bits per heavy atom. The van der Waals surface area contributed by atoms with E-state index in [1.807, 2.05) is 0 Å². The first-order chi connectivity index (χ1) is 8.31. The summed E-state index contributed by atoms with van der Waals surface area (Å²) in [5.41, 5.74) is 7.44. The van der Waals surface area contributed by atoms with Gasteiger partial charge in [0.2, 0.25) is 5.95 Å². The van der Waals surface area contributed by atoms with Gasteiger partial charge in [0.15, 0.2) is 5.65 Å². The van der Waals surface area contributed by atoms with Crippen molar-refractivity contribution >= 4 is 17.1 Å². The molecule has 17 heavy (non-hydrogen) atoms. The molecule has 0 aliphatic heterocycles. The molecule has 3 rings (SSSR count). The van der Waals surface area contributed by atoms with Gasteiger partial charge in [-0.15, -0.1) is 0 Å². The number of hydrogen-bond donors (Lipinski definition) is 3. The summed E-state index contributed by atoms with van der Waals surface area (Å²) in [5.74, 6) is 0.657. The molecule has 0 atom stereocenters. The van der Waals surface area contributed by atoms with E-state index >= 15 is 0 Å². The van der Waals surface area contributed by atoms with Crippen molar-refractivity contribution in [3.8, 4) is 0 Å². The van der Waals surface area contributed by atoms with Crippen LogP contribution in [0, 0.1) is 0 Å². The molecule has 0 spiro atoms. The van der Waals surface area contributed by atoms with Crippen molar-refractivity contribution in [3.63, 3.8) is 0 Å². The number of nitrogens with one attached hydrogen (secondary N) is 2. The zero-order valence-corrected chi connectivity index (χ0v) is 9.56. The van der Waals surface area contributed by atoms with Crippen molar-refractivity contribution in [3.05, 3.63) is 12.5 Å². The lowest BCUT2D eigenvalue weighted by molar-refractivity contribution is 0.410. The maximum atomic E-state index is 5.88. The molecule has 0 radical (unpaired) electrons. The van der Waals surface area contributed by atoms with Crippen LogP contribution in [-0.2, 0) is 0 Å². The summed E-state index contributed by atoms with van der Waals surface area (Å²) in [6.07, 6.45) is 7.70. The molecule has 2 aromatic rings. The van der Waals surface area contributed by atoms with Crippen molar-refractivity contribution in [2.45, 2.75) is 37.8 Å².